The average molecular weight is 355 g/mol. The van der Waals surface area contributed by atoms with E-state index in [1.807, 2.05) is 19.2 Å². The minimum absolute atomic E-state index is 0.327. The molecule has 0 bridgehead atoms. The molecule has 0 saturated carbocycles. The van der Waals surface area contributed by atoms with Gasteiger partial charge in [-0.2, -0.15) is 0 Å². The van der Waals surface area contributed by atoms with Gasteiger partial charge in [-0.3, -0.25) is 0 Å². The lowest BCUT2D eigenvalue weighted by atomic mass is 9.99. The predicted molar refractivity (Wildman–Crippen MR) is 88.0 cm³/mol. The van der Waals surface area contributed by atoms with Crippen LogP contribution >= 0.6 is 0 Å². The van der Waals surface area contributed by atoms with E-state index in [4.69, 9.17) is 9.47 Å². The summed E-state index contributed by atoms with van der Waals surface area (Å²) in [5.74, 6) is -0.458. The van der Waals surface area contributed by atoms with Gasteiger partial charge in [-0.15, -0.1) is 0 Å². The number of hydrogen-bond donors (Lipinski definition) is 4. The number of likely N-dealkylation sites (N-methyl/N-ethyl adjacent to an activating group) is 1. The van der Waals surface area contributed by atoms with Crippen LogP contribution in [0, 0.1) is 0 Å². The molecule has 1 saturated heterocycles. The molecule has 1 heterocycles. The summed E-state index contributed by atoms with van der Waals surface area (Å²) in [6, 6.07) is 7.49. The normalized spacial score (nSPS) is 30.6. The van der Waals surface area contributed by atoms with Crippen LogP contribution in [-0.2, 0) is 20.7 Å². The lowest BCUT2D eigenvalue weighted by molar-refractivity contribution is -0.271. The Morgan fingerprint density at radius 3 is 2.40 bits per heavy atom. The zero-order chi connectivity index (χ0) is 18.6. The number of hydrogen-bond acceptors (Lipinski definition) is 8. The van der Waals surface area contributed by atoms with Gasteiger partial charge in [-0.05, 0) is 38.1 Å². The van der Waals surface area contributed by atoms with Crippen molar-refractivity contribution in [3.8, 4) is 5.75 Å². The van der Waals surface area contributed by atoms with Crippen molar-refractivity contribution in [2.24, 2.45) is 0 Å². The highest BCUT2D eigenvalue weighted by atomic mass is 16.7. The molecule has 2 rings (SSSR count). The fourth-order valence-electron chi connectivity index (χ4n) is 2.55. The summed E-state index contributed by atoms with van der Waals surface area (Å²) < 4.78 is 15.3. The monoisotopic (exact) mass is 355 g/mol. The number of carbonyl (C=O) groups excluding carboxylic acids is 1. The smallest absolute Gasteiger partial charge is 0.337 e. The molecule has 0 aliphatic carbocycles. The van der Waals surface area contributed by atoms with E-state index in [-0.39, 0.29) is 0 Å². The van der Waals surface area contributed by atoms with Crippen LogP contribution in [0.25, 0.3) is 0 Å². The van der Waals surface area contributed by atoms with Crippen molar-refractivity contribution in [2.45, 2.75) is 50.1 Å². The maximum absolute atomic E-state index is 11.6. The molecule has 1 aliphatic heterocycles. The van der Waals surface area contributed by atoms with Crippen molar-refractivity contribution >= 4 is 5.97 Å². The molecule has 8 nitrogen and oxygen atoms in total. The lowest BCUT2D eigenvalue weighted by Gasteiger charge is -2.38. The van der Waals surface area contributed by atoms with E-state index in [2.05, 4.69) is 17.0 Å². The highest BCUT2D eigenvalue weighted by molar-refractivity contribution is 5.75. The third kappa shape index (κ3) is 4.68. The zero-order valence-electron chi connectivity index (χ0n) is 14.5. The Balaban J connectivity index is 2.06. The van der Waals surface area contributed by atoms with Crippen molar-refractivity contribution in [2.75, 3.05) is 14.2 Å². The van der Waals surface area contributed by atoms with Crippen LogP contribution in [0.4, 0.5) is 0 Å². The van der Waals surface area contributed by atoms with Crippen LogP contribution in [0.1, 0.15) is 12.5 Å². The number of aliphatic hydroxyl groups excluding tert-OH is 3. The SMILES string of the molecule is CNC(C)Cc1ccc(O[C@H]2O[C@H](C(=O)OC)[C@@H](O)[C@H](O)[C@H]2O)cc1. The first-order valence-electron chi connectivity index (χ1n) is 8.07. The molecule has 1 unspecified atom stereocenters. The molecular formula is C17H25NO7. The van der Waals surface area contributed by atoms with Crippen molar-refractivity contribution in [3.05, 3.63) is 29.8 Å². The maximum atomic E-state index is 11.6. The number of benzene rings is 1. The number of ether oxygens (including phenoxy) is 3. The largest absolute Gasteiger partial charge is 0.467 e. The highest BCUT2D eigenvalue weighted by Crippen LogP contribution is 2.25. The maximum Gasteiger partial charge on any atom is 0.337 e. The topological polar surface area (TPSA) is 117 Å². The summed E-state index contributed by atoms with van der Waals surface area (Å²) in [4.78, 5) is 11.6. The summed E-state index contributed by atoms with van der Waals surface area (Å²) in [7, 11) is 3.03. The summed E-state index contributed by atoms with van der Waals surface area (Å²) in [6.45, 7) is 2.07. The van der Waals surface area contributed by atoms with Gasteiger partial charge < -0.3 is 34.8 Å². The van der Waals surface area contributed by atoms with Crippen molar-refractivity contribution in [3.63, 3.8) is 0 Å². The molecule has 140 valence electrons. The zero-order valence-corrected chi connectivity index (χ0v) is 14.5. The number of rotatable bonds is 6. The molecule has 1 fully saturated rings. The first-order chi connectivity index (χ1) is 11.9. The van der Waals surface area contributed by atoms with Crippen molar-refractivity contribution in [1.82, 2.24) is 5.32 Å². The van der Waals surface area contributed by atoms with Gasteiger partial charge in [-0.25, -0.2) is 4.79 Å². The number of nitrogens with one attached hydrogen (secondary N) is 1. The second kappa shape index (κ2) is 8.59. The molecule has 1 aromatic carbocycles. The number of esters is 1. The third-order valence-corrected chi connectivity index (χ3v) is 4.21. The van der Waals surface area contributed by atoms with E-state index in [0.29, 0.717) is 11.8 Å². The molecule has 1 aromatic rings. The van der Waals surface area contributed by atoms with Crippen LogP contribution in [-0.4, -0.2) is 72.2 Å². The van der Waals surface area contributed by atoms with Gasteiger partial charge in [0.05, 0.1) is 7.11 Å². The molecule has 25 heavy (non-hydrogen) atoms. The van der Waals surface area contributed by atoms with Gasteiger partial charge in [-0.1, -0.05) is 12.1 Å². The first kappa shape index (κ1) is 19.6. The van der Waals surface area contributed by atoms with E-state index in [9.17, 15) is 20.1 Å². The standard InChI is InChI=1S/C17H25NO7/c1-9(18-2)8-10-4-6-11(7-5-10)24-17-14(21)12(19)13(20)15(25-17)16(22)23-3/h4-7,9,12-15,17-21H,8H2,1-3H3/t9?,12-,13-,14+,15-,17-/m0/s1. The van der Waals surface area contributed by atoms with Crippen LogP contribution < -0.4 is 10.1 Å². The van der Waals surface area contributed by atoms with E-state index in [0.717, 1.165) is 19.1 Å². The molecule has 0 aromatic heterocycles. The van der Waals surface area contributed by atoms with Crippen LogP contribution in [0.3, 0.4) is 0 Å². The van der Waals surface area contributed by atoms with Gasteiger partial charge in [0, 0.05) is 6.04 Å². The Morgan fingerprint density at radius 1 is 1.20 bits per heavy atom. The summed E-state index contributed by atoms with van der Waals surface area (Å²) >= 11 is 0. The van der Waals surface area contributed by atoms with Gasteiger partial charge in [0.1, 0.15) is 24.1 Å². The molecular weight excluding hydrogens is 330 g/mol. The van der Waals surface area contributed by atoms with Gasteiger partial charge in [0.2, 0.25) is 6.29 Å². The van der Waals surface area contributed by atoms with Crippen LogP contribution in [0.5, 0.6) is 5.75 Å². The Hall–Kier alpha value is -1.71. The molecule has 0 radical (unpaired) electrons. The van der Waals surface area contributed by atoms with E-state index in [1.54, 1.807) is 12.1 Å². The minimum atomic E-state index is -1.60. The van der Waals surface area contributed by atoms with Gasteiger partial charge in [0.15, 0.2) is 6.10 Å². The van der Waals surface area contributed by atoms with Crippen LogP contribution in [0.2, 0.25) is 0 Å². The molecule has 0 amide bonds. The Kier molecular flexibility index (Phi) is 6.74. The quantitative estimate of drug-likeness (QED) is 0.490. The van der Waals surface area contributed by atoms with Gasteiger partial charge >= 0.3 is 5.97 Å². The fraction of sp³-hybridized carbons (Fsp3) is 0.588. The molecule has 8 heteroatoms. The number of carbonyl (C=O) groups is 1. The Morgan fingerprint density at radius 2 is 1.84 bits per heavy atom. The summed E-state index contributed by atoms with van der Waals surface area (Å²) in [5.41, 5.74) is 1.10. The lowest BCUT2D eigenvalue weighted by Crippen LogP contribution is -2.61. The van der Waals surface area contributed by atoms with Crippen molar-refractivity contribution < 1.29 is 34.3 Å². The second-order valence-corrected chi connectivity index (χ2v) is 6.08. The molecule has 0 spiro atoms. The predicted octanol–water partition coefficient (Wildman–Crippen LogP) is -0.804. The van der Waals surface area contributed by atoms with E-state index >= 15 is 0 Å². The highest BCUT2D eigenvalue weighted by Gasteiger charge is 2.48. The fourth-order valence-corrected chi connectivity index (χ4v) is 2.55. The van der Waals surface area contributed by atoms with Crippen molar-refractivity contribution in [1.29, 1.82) is 0 Å². The Bertz CT molecular complexity index is 565. The van der Waals surface area contributed by atoms with E-state index in [1.165, 1.54) is 0 Å². The third-order valence-electron chi connectivity index (χ3n) is 4.21. The van der Waals surface area contributed by atoms with Crippen LogP contribution in [0.15, 0.2) is 24.3 Å². The second-order valence-electron chi connectivity index (χ2n) is 6.08. The first-order valence-corrected chi connectivity index (χ1v) is 8.07. The minimum Gasteiger partial charge on any atom is -0.467 e. The Labute approximate surface area is 146 Å². The van der Waals surface area contributed by atoms with E-state index < -0.39 is 36.7 Å². The molecule has 1 aliphatic rings. The van der Waals surface area contributed by atoms with Gasteiger partial charge in [0.25, 0.3) is 0 Å². The number of aliphatic hydroxyl groups is 3. The molecule has 6 atom stereocenters. The number of methoxy groups -OCH3 is 1. The molecule has 4 N–H and O–H groups in total. The summed E-state index contributed by atoms with van der Waals surface area (Å²) in [5, 5.41) is 32.9. The summed E-state index contributed by atoms with van der Waals surface area (Å²) in [6.07, 6.45) is -6.63. The average Bonchev–Trinajstić information content (AvgIpc) is 2.62.